The smallest absolute Gasteiger partial charge is 0.407 e. The maximum Gasteiger partial charge on any atom is 0.407 e. The molecule has 2 rings (SSSR count). The van der Waals surface area contributed by atoms with Crippen LogP contribution in [0.15, 0.2) is 16.7 Å². The third-order valence-corrected chi connectivity index (χ3v) is 4.48. The molecule has 0 aromatic carbocycles. The van der Waals surface area contributed by atoms with Gasteiger partial charge in [0.1, 0.15) is 5.69 Å². The number of carbonyl (C=O) groups excluding carboxylic acids is 1. The monoisotopic (exact) mass is 371 g/mol. The number of hydrogen-bond acceptors (Lipinski definition) is 4. The Labute approximate surface area is 136 Å². The molecule has 120 valence electrons. The van der Waals surface area contributed by atoms with Crippen LogP contribution in [0.3, 0.4) is 0 Å². The quantitative estimate of drug-likeness (QED) is 0.839. The number of rotatable bonds is 4. The molecule has 22 heavy (non-hydrogen) atoms. The van der Waals surface area contributed by atoms with Crippen LogP contribution in [-0.4, -0.2) is 59.3 Å². The molecular formula is C14H18BrN3O4. The van der Waals surface area contributed by atoms with E-state index < -0.39 is 6.09 Å². The average Bonchev–Trinajstić information content (AvgIpc) is 2.85. The van der Waals surface area contributed by atoms with Crippen LogP contribution in [0, 0.1) is 6.92 Å². The Morgan fingerprint density at radius 3 is 2.91 bits per heavy atom. The molecule has 0 saturated carbocycles. The molecule has 0 unspecified atom stereocenters. The van der Waals surface area contributed by atoms with Crippen molar-refractivity contribution < 1.29 is 19.4 Å². The minimum Gasteiger partial charge on any atom is -0.465 e. The minimum atomic E-state index is -1.00. The predicted molar refractivity (Wildman–Crippen MR) is 82.9 cm³/mol. The van der Waals surface area contributed by atoms with Gasteiger partial charge in [-0.3, -0.25) is 9.78 Å². The highest BCUT2D eigenvalue weighted by Gasteiger charge is 2.36. The predicted octanol–water partition coefficient (Wildman–Crippen LogP) is 1.65. The molecule has 1 saturated heterocycles. The number of nitrogens with one attached hydrogen (secondary N) is 1. The molecule has 2 N–H and O–H groups in total. The standard InChI is InChI=1S/C14H18BrN3O4/c1-8-5-16-12(4-11(8)15)13(19)17-9-3-10(7-22-2)18(6-9)14(20)21/h4-5,9-10H,3,6-7H2,1-2H3,(H,17,19)(H,20,21)/t9-,10+/m1/s1. The van der Waals surface area contributed by atoms with Crippen molar-refractivity contribution in [2.45, 2.75) is 25.4 Å². The Morgan fingerprint density at radius 2 is 2.32 bits per heavy atom. The first-order chi connectivity index (χ1) is 10.4. The van der Waals surface area contributed by atoms with Crippen LogP contribution in [0.25, 0.3) is 0 Å². The molecule has 1 aliphatic rings. The maximum atomic E-state index is 12.2. The summed E-state index contributed by atoms with van der Waals surface area (Å²) in [5.74, 6) is -0.311. The lowest BCUT2D eigenvalue weighted by atomic mass is 10.1. The van der Waals surface area contributed by atoms with Crippen LogP contribution in [0.2, 0.25) is 0 Å². The molecule has 0 aliphatic carbocycles. The third-order valence-electron chi connectivity index (χ3n) is 3.62. The third kappa shape index (κ3) is 3.75. The van der Waals surface area contributed by atoms with Gasteiger partial charge in [0.25, 0.3) is 5.91 Å². The number of halogens is 1. The van der Waals surface area contributed by atoms with Gasteiger partial charge in [0.2, 0.25) is 0 Å². The largest absolute Gasteiger partial charge is 0.465 e. The molecule has 0 radical (unpaired) electrons. The van der Waals surface area contributed by atoms with Crippen LogP contribution in [0.4, 0.5) is 4.79 Å². The van der Waals surface area contributed by atoms with Crippen LogP contribution >= 0.6 is 15.9 Å². The second-order valence-electron chi connectivity index (χ2n) is 5.27. The maximum absolute atomic E-state index is 12.2. The fourth-order valence-electron chi connectivity index (χ4n) is 2.49. The van der Waals surface area contributed by atoms with E-state index in [9.17, 15) is 14.7 Å². The van der Waals surface area contributed by atoms with Crippen molar-refractivity contribution in [3.8, 4) is 0 Å². The number of hydrogen-bond donors (Lipinski definition) is 2. The average molecular weight is 372 g/mol. The first-order valence-corrected chi connectivity index (χ1v) is 7.63. The summed E-state index contributed by atoms with van der Waals surface area (Å²) in [5, 5.41) is 12.0. The van der Waals surface area contributed by atoms with Gasteiger partial charge in [0, 0.05) is 30.4 Å². The summed E-state index contributed by atoms with van der Waals surface area (Å²) in [5.41, 5.74) is 1.24. The van der Waals surface area contributed by atoms with Crippen LogP contribution in [0.1, 0.15) is 22.5 Å². The second kappa shape index (κ2) is 7.06. The molecule has 7 nitrogen and oxygen atoms in total. The second-order valence-corrected chi connectivity index (χ2v) is 6.12. The zero-order valence-electron chi connectivity index (χ0n) is 12.4. The highest BCUT2D eigenvalue weighted by molar-refractivity contribution is 9.10. The van der Waals surface area contributed by atoms with E-state index in [1.54, 1.807) is 12.3 Å². The van der Waals surface area contributed by atoms with Crippen molar-refractivity contribution >= 4 is 27.9 Å². The van der Waals surface area contributed by atoms with E-state index in [0.29, 0.717) is 18.7 Å². The van der Waals surface area contributed by atoms with Gasteiger partial charge in [-0.25, -0.2) is 4.79 Å². The minimum absolute atomic E-state index is 0.245. The summed E-state index contributed by atoms with van der Waals surface area (Å²) >= 11 is 3.36. The zero-order chi connectivity index (χ0) is 16.3. The van der Waals surface area contributed by atoms with Gasteiger partial charge in [0.15, 0.2) is 0 Å². The number of aryl methyl sites for hydroxylation is 1. The zero-order valence-corrected chi connectivity index (χ0v) is 14.0. The number of ether oxygens (including phenoxy) is 1. The lowest BCUT2D eigenvalue weighted by Crippen LogP contribution is -2.39. The van der Waals surface area contributed by atoms with Crippen molar-refractivity contribution in [3.05, 3.63) is 28.0 Å². The van der Waals surface area contributed by atoms with E-state index in [1.165, 1.54) is 12.0 Å². The molecule has 1 aliphatic heterocycles. The molecule has 1 aromatic rings. The summed E-state index contributed by atoms with van der Waals surface area (Å²) in [6.07, 6.45) is 1.14. The first kappa shape index (κ1) is 16.7. The number of carbonyl (C=O) groups is 2. The Balaban J connectivity index is 2.02. The molecule has 2 atom stereocenters. The fraction of sp³-hybridized carbons (Fsp3) is 0.500. The number of likely N-dealkylation sites (tertiary alicyclic amines) is 1. The highest BCUT2D eigenvalue weighted by Crippen LogP contribution is 2.19. The molecule has 1 aromatic heterocycles. The lowest BCUT2D eigenvalue weighted by Gasteiger charge is -2.19. The number of aromatic nitrogens is 1. The van der Waals surface area contributed by atoms with Crippen LogP contribution in [-0.2, 0) is 4.74 Å². The number of carboxylic acid groups (broad SMARTS) is 1. The van der Waals surface area contributed by atoms with Gasteiger partial charge in [-0.2, -0.15) is 0 Å². The van der Waals surface area contributed by atoms with Crippen molar-refractivity contribution in [2.24, 2.45) is 0 Å². The van der Waals surface area contributed by atoms with E-state index in [0.717, 1.165) is 10.0 Å². The van der Waals surface area contributed by atoms with Crippen molar-refractivity contribution in [1.29, 1.82) is 0 Å². The molecule has 2 amide bonds. The SMILES string of the molecule is COC[C@@H]1C[C@@H](NC(=O)c2cc(Br)c(C)cn2)CN1C(=O)O. The lowest BCUT2D eigenvalue weighted by molar-refractivity contribution is 0.0928. The van der Waals surface area contributed by atoms with Gasteiger partial charge in [-0.05, 0) is 25.0 Å². The Morgan fingerprint density at radius 1 is 1.59 bits per heavy atom. The van der Waals surface area contributed by atoms with Gasteiger partial charge >= 0.3 is 6.09 Å². The molecular weight excluding hydrogens is 354 g/mol. The highest BCUT2D eigenvalue weighted by atomic mass is 79.9. The summed E-state index contributed by atoms with van der Waals surface area (Å²) < 4.78 is 5.85. The van der Waals surface area contributed by atoms with Gasteiger partial charge in [-0.15, -0.1) is 0 Å². The topological polar surface area (TPSA) is 91.8 Å². The Bertz CT molecular complexity index is 581. The van der Waals surface area contributed by atoms with E-state index in [1.807, 2.05) is 6.92 Å². The normalized spacial score (nSPS) is 21.0. The van der Waals surface area contributed by atoms with Gasteiger partial charge < -0.3 is 20.1 Å². The van der Waals surface area contributed by atoms with Crippen LogP contribution < -0.4 is 5.32 Å². The molecule has 1 fully saturated rings. The van der Waals surface area contributed by atoms with E-state index >= 15 is 0 Å². The van der Waals surface area contributed by atoms with Crippen molar-refractivity contribution in [2.75, 3.05) is 20.3 Å². The Kier molecular flexibility index (Phi) is 5.36. The van der Waals surface area contributed by atoms with E-state index in [-0.39, 0.29) is 24.5 Å². The van der Waals surface area contributed by atoms with Crippen LogP contribution in [0.5, 0.6) is 0 Å². The summed E-state index contributed by atoms with van der Waals surface area (Å²) in [6, 6.07) is 1.16. The van der Waals surface area contributed by atoms with Crippen molar-refractivity contribution in [3.63, 3.8) is 0 Å². The molecule has 0 spiro atoms. The number of methoxy groups -OCH3 is 1. The number of nitrogens with zero attached hydrogens (tertiary/aromatic N) is 2. The summed E-state index contributed by atoms with van der Waals surface area (Å²) in [7, 11) is 1.53. The number of amides is 2. The molecule has 2 heterocycles. The van der Waals surface area contributed by atoms with E-state index in [4.69, 9.17) is 4.74 Å². The molecule has 8 heteroatoms. The van der Waals surface area contributed by atoms with Gasteiger partial charge in [-0.1, -0.05) is 15.9 Å². The Hall–Kier alpha value is -1.67. The molecule has 0 bridgehead atoms. The summed E-state index contributed by atoms with van der Waals surface area (Å²) in [6.45, 7) is 2.45. The fourth-order valence-corrected chi connectivity index (χ4v) is 2.81. The number of pyridine rings is 1. The summed E-state index contributed by atoms with van der Waals surface area (Å²) in [4.78, 5) is 28.8. The van der Waals surface area contributed by atoms with E-state index in [2.05, 4.69) is 26.2 Å². The van der Waals surface area contributed by atoms with Crippen molar-refractivity contribution in [1.82, 2.24) is 15.2 Å². The van der Waals surface area contributed by atoms with Gasteiger partial charge in [0.05, 0.1) is 12.6 Å². The first-order valence-electron chi connectivity index (χ1n) is 6.84.